The summed E-state index contributed by atoms with van der Waals surface area (Å²) >= 11 is 0. The Morgan fingerprint density at radius 2 is 2.17 bits per heavy atom. The Morgan fingerprint density at radius 1 is 1.43 bits per heavy atom. The summed E-state index contributed by atoms with van der Waals surface area (Å²) in [7, 11) is 1.59. The number of rotatable bonds is 4. The fourth-order valence-electron chi connectivity index (χ4n) is 2.25. The predicted molar refractivity (Wildman–Crippen MR) is 87.6 cm³/mol. The molecule has 1 atom stereocenters. The molecular formula is C17H24N2O4. The Labute approximate surface area is 136 Å². The second-order valence-electron chi connectivity index (χ2n) is 6.60. The molecule has 1 saturated heterocycles. The first-order valence-corrected chi connectivity index (χ1v) is 7.65. The van der Waals surface area contributed by atoms with E-state index in [1.54, 1.807) is 12.0 Å². The predicted octanol–water partition coefficient (Wildman–Crippen LogP) is 1.59. The standard InChI is InChI=1S/C17H24N2O4/c1-17(2,3)16(21)18-9-14-10-19(15(20)11-23-14)12-6-5-7-13(8-12)22-4/h5-8,14H,9-11H2,1-4H3,(H,18,21). The quantitative estimate of drug-likeness (QED) is 0.915. The van der Waals surface area contributed by atoms with Gasteiger partial charge in [0.15, 0.2) is 0 Å². The van der Waals surface area contributed by atoms with Crippen molar-refractivity contribution in [2.24, 2.45) is 5.41 Å². The van der Waals surface area contributed by atoms with E-state index >= 15 is 0 Å². The van der Waals surface area contributed by atoms with Crippen LogP contribution in [0.2, 0.25) is 0 Å². The van der Waals surface area contributed by atoms with Gasteiger partial charge in [0, 0.05) is 23.7 Å². The Bertz CT molecular complexity index is 580. The minimum atomic E-state index is -0.447. The third-order valence-corrected chi connectivity index (χ3v) is 3.67. The van der Waals surface area contributed by atoms with Crippen LogP contribution < -0.4 is 15.0 Å². The van der Waals surface area contributed by atoms with E-state index in [-0.39, 0.29) is 24.5 Å². The SMILES string of the molecule is COc1cccc(N2CC(CNC(=O)C(C)(C)C)OCC2=O)c1. The lowest BCUT2D eigenvalue weighted by Gasteiger charge is -2.33. The molecule has 126 valence electrons. The maximum atomic E-state index is 12.1. The van der Waals surface area contributed by atoms with E-state index in [4.69, 9.17) is 9.47 Å². The number of morpholine rings is 1. The van der Waals surface area contributed by atoms with Crippen LogP contribution in [0.15, 0.2) is 24.3 Å². The van der Waals surface area contributed by atoms with Crippen molar-refractivity contribution in [3.63, 3.8) is 0 Å². The highest BCUT2D eigenvalue weighted by molar-refractivity contribution is 5.95. The second kappa shape index (κ2) is 7.00. The van der Waals surface area contributed by atoms with E-state index in [1.807, 2.05) is 45.0 Å². The van der Waals surface area contributed by atoms with Gasteiger partial charge in [-0.3, -0.25) is 9.59 Å². The number of carbonyl (C=O) groups excluding carboxylic acids is 2. The zero-order valence-corrected chi connectivity index (χ0v) is 14.1. The molecule has 1 aromatic carbocycles. The first-order valence-electron chi connectivity index (χ1n) is 7.65. The number of anilines is 1. The topological polar surface area (TPSA) is 67.9 Å². The average molecular weight is 320 g/mol. The van der Waals surface area contributed by atoms with Crippen molar-refractivity contribution < 1.29 is 19.1 Å². The molecule has 0 bridgehead atoms. The monoisotopic (exact) mass is 320 g/mol. The van der Waals surface area contributed by atoms with Crippen molar-refractivity contribution in [1.82, 2.24) is 5.32 Å². The van der Waals surface area contributed by atoms with Gasteiger partial charge in [-0.15, -0.1) is 0 Å². The summed E-state index contributed by atoms with van der Waals surface area (Å²) in [6.07, 6.45) is -0.231. The van der Waals surface area contributed by atoms with Crippen molar-refractivity contribution in [3.8, 4) is 5.75 Å². The van der Waals surface area contributed by atoms with E-state index in [2.05, 4.69) is 5.32 Å². The van der Waals surface area contributed by atoms with E-state index in [0.29, 0.717) is 18.8 Å². The fraction of sp³-hybridized carbons (Fsp3) is 0.529. The number of nitrogens with zero attached hydrogens (tertiary/aromatic N) is 1. The number of hydrogen-bond acceptors (Lipinski definition) is 4. The molecule has 6 heteroatoms. The summed E-state index contributed by atoms with van der Waals surface area (Å²) in [4.78, 5) is 25.7. The molecule has 0 aromatic heterocycles. The number of hydrogen-bond donors (Lipinski definition) is 1. The molecule has 1 aliphatic heterocycles. The van der Waals surface area contributed by atoms with Gasteiger partial charge < -0.3 is 19.7 Å². The van der Waals surface area contributed by atoms with Crippen molar-refractivity contribution >= 4 is 17.5 Å². The van der Waals surface area contributed by atoms with E-state index in [9.17, 15) is 9.59 Å². The van der Waals surface area contributed by atoms with Crippen LogP contribution in [0.25, 0.3) is 0 Å². The summed E-state index contributed by atoms with van der Waals surface area (Å²) in [6.45, 7) is 6.36. The zero-order chi connectivity index (χ0) is 17.0. The van der Waals surface area contributed by atoms with Gasteiger partial charge in [-0.2, -0.15) is 0 Å². The number of amides is 2. The van der Waals surface area contributed by atoms with Crippen LogP contribution in [-0.2, 0) is 14.3 Å². The number of nitrogens with one attached hydrogen (secondary N) is 1. The van der Waals surface area contributed by atoms with Gasteiger partial charge in [-0.05, 0) is 12.1 Å². The molecule has 1 aromatic rings. The number of methoxy groups -OCH3 is 1. The van der Waals surface area contributed by atoms with Crippen molar-refractivity contribution in [3.05, 3.63) is 24.3 Å². The van der Waals surface area contributed by atoms with Crippen LogP contribution in [0.3, 0.4) is 0 Å². The average Bonchev–Trinajstić information content (AvgIpc) is 2.52. The van der Waals surface area contributed by atoms with Crippen LogP contribution in [-0.4, -0.2) is 44.7 Å². The molecule has 0 spiro atoms. The molecular weight excluding hydrogens is 296 g/mol. The molecule has 1 fully saturated rings. The van der Waals surface area contributed by atoms with Gasteiger partial charge in [0.05, 0.1) is 19.8 Å². The highest BCUT2D eigenvalue weighted by Crippen LogP contribution is 2.23. The summed E-state index contributed by atoms with van der Waals surface area (Å²) < 4.78 is 10.7. The van der Waals surface area contributed by atoms with Crippen LogP contribution in [0.1, 0.15) is 20.8 Å². The highest BCUT2D eigenvalue weighted by Gasteiger charge is 2.29. The van der Waals surface area contributed by atoms with Crippen LogP contribution in [0.4, 0.5) is 5.69 Å². The molecule has 6 nitrogen and oxygen atoms in total. The molecule has 1 heterocycles. The van der Waals surface area contributed by atoms with Crippen molar-refractivity contribution in [1.29, 1.82) is 0 Å². The Balaban J connectivity index is 2.01. The minimum absolute atomic E-state index is 0.00721. The number of carbonyl (C=O) groups is 2. The van der Waals surface area contributed by atoms with Gasteiger partial charge in [0.2, 0.25) is 5.91 Å². The lowest BCUT2D eigenvalue weighted by molar-refractivity contribution is -0.131. The van der Waals surface area contributed by atoms with Gasteiger partial charge in [-0.25, -0.2) is 0 Å². The number of ether oxygens (including phenoxy) is 2. The van der Waals surface area contributed by atoms with Crippen LogP contribution in [0, 0.1) is 5.41 Å². The molecule has 2 amide bonds. The smallest absolute Gasteiger partial charge is 0.253 e. The molecule has 1 aliphatic rings. The second-order valence-corrected chi connectivity index (χ2v) is 6.60. The summed E-state index contributed by atoms with van der Waals surface area (Å²) in [5, 5.41) is 2.88. The van der Waals surface area contributed by atoms with E-state index in [0.717, 1.165) is 5.69 Å². The first kappa shape index (κ1) is 17.3. The summed E-state index contributed by atoms with van der Waals surface area (Å²) in [5.74, 6) is 0.557. The van der Waals surface area contributed by atoms with Crippen LogP contribution in [0.5, 0.6) is 5.75 Å². The molecule has 0 radical (unpaired) electrons. The van der Waals surface area contributed by atoms with Crippen molar-refractivity contribution in [2.45, 2.75) is 26.9 Å². The molecule has 23 heavy (non-hydrogen) atoms. The third-order valence-electron chi connectivity index (χ3n) is 3.67. The Kier molecular flexibility index (Phi) is 5.26. The maximum absolute atomic E-state index is 12.1. The molecule has 1 unspecified atom stereocenters. The first-order chi connectivity index (χ1) is 10.8. The van der Waals surface area contributed by atoms with E-state index in [1.165, 1.54) is 0 Å². The summed E-state index contributed by atoms with van der Waals surface area (Å²) in [5.41, 5.74) is 0.321. The third kappa shape index (κ3) is 4.45. The van der Waals surface area contributed by atoms with Gasteiger partial charge >= 0.3 is 0 Å². The summed E-state index contributed by atoms with van der Waals surface area (Å²) in [6, 6.07) is 7.34. The fourth-order valence-corrected chi connectivity index (χ4v) is 2.25. The van der Waals surface area contributed by atoms with Crippen molar-refractivity contribution in [2.75, 3.05) is 31.7 Å². The zero-order valence-electron chi connectivity index (χ0n) is 14.1. The molecule has 2 rings (SSSR count). The lowest BCUT2D eigenvalue weighted by atomic mass is 9.95. The van der Waals surface area contributed by atoms with Gasteiger partial charge in [0.25, 0.3) is 5.91 Å². The van der Waals surface area contributed by atoms with Crippen LogP contribution >= 0.6 is 0 Å². The highest BCUT2D eigenvalue weighted by atomic mass is 16.5. The van der Waals surface area contributed by atoms with Gasteiger partial charge in [0.1, 0.15) is 12.4 Å². The largest absolute Gasteiger partial charge is 0.497 e. The van der Waals surface area contributed by atoms with E-state index < -0.39 is 5.41 Å². The molecule has 1 N–H and O–H groups in total. The lowest BCUT2D eigenvalue weighted by Crippen LogP contribution is -2.51. The normalized spacial score (nSPS) is 18.7. The Morgan fingerprint density at radius 3 is 2.83 bits per heavy atom. The molecule has 0 aliphatic carbocycles. The Hall–Kier alpha value is -2.08. The maximum Gasteiger partial charge on any atom is 0.253 e. The van der Waals surface area contributed by atoms with Gasteiger partial charge in [-0.1, -0.05) is 26.8 Å². The molecule has 0 saturated carbocycles. The minimum Gasteiger partial charge on any atom is -0.497 e. The number of benzene rings is 1.